The Morgan fingerprint density at radius 2 is 2.10 bits per heavy atom. The summed E-state index contributed by atoms with van der Waals surface area (Å²) in [5, 5.41) is 9.10. The Bertz CT molecular complexity index is 650. The van der Waals surface area contributed by atoms with Crippen molar-refractivity contribution < 1.29 is 23.1 Å². The Kier molecular flexibility index (Phi) is 4.40. The van der Waals surface area contributed by atoms with Crippen LogP contribution in [0.5, 0.6) is 0 Å². The average Bonchev–Trinajstić information content (AvgIpc) is 2.74. The number of carbonyl (C=O) groups is 1. The molecule has 1 unspecified atom stereocenters. The maximum absolute atomic E-state index is 12.8. The molecule has 21 heavy (non-hydrogen) atoms. The third-order valence-corrected chi connectivity index (χ3v) is 5.99. The van der Waals surface area contributed by atoms with Crippen molar-refractivity contribution in [2.45, 2.75) is 37.7 Å². The molecule has 0 radical (unpaired) electrons. The molecule has 1 aromatic heterocycles. The van der Waals surface area contributed by atoms with Crippen molar-refractivity contribution in [3.63, 3.8) is 0 Å². The van der Waals surface area contributed by atoms with Crippen molar-refractivity contribution >= 4 is 16.0 Å². The van der Waals surface area contributed by atoms with Crippen LogP contribution in [-0.4, -0.2) is 55.1 Å². The Morgan fingerprint density at radius 3 is 2.62 bits per heavy atom. The summed E-state index contributed by atoms with van der Waals surface area (Å²) in [6, 6.07) is 0. The topological polar surface area (TPSA) is 99.7 Å². The van der Waals surface area contributed by atoms with Crippen molar-refractivity contribution in [3.8, 4) is 0 Å². The first-order chi connectivity index (χ1) is 9.78. The first kappa shape index (κ1) is 16.0. The van der Waals surface area contributed by atoms with Gasteiger partial charge in [0.05, 0.1) is 6.10 Å². The fourth-order valence-corrected chi connectivity index (χ4v) is 4.70. The van der Waals surface area contributed by atoms with Crippen LogP contribution in [0.3, 0.4) is 0 Å². The molecule has 1 atom stereocenters. The van der Waals surface area contributed by atoms with E-state index in [1.807, 2.05) is 0 Å². The van der Waals surface area contributed by atoms with Gasteiger partial charge in [-0.1, -0.05) is 0 Å². The van der Waals surface area contributed by atoms with E-state index in [1.165, 1.54) is 11.2 Å². The maximum atomic E-state index is 12.8. The number of aromatic carboxylic acids is 1. The number of nitrogens with one attached hydrogen (secondary N) is 1. The molecule has 1 aromatic rings. The quantitative estimate of drug-likeness (QED) is 0.867. The molecule has 0 aromatic carbocycles. The minimum absolute atomic E-state index is 0.0663. The van der Waals surface area contributed by atoms with Crippen LogP contribution in [0.15, 0.2) is 4.90 Å². The van der Waals surface area contributed by atoms with Crippen LogP contribution in [0.4, 0.5) is 0 Å². The molecule has 0 bridgehead atoms. The third kappa shape index (κ3) is 2.83. The molecule has 7 nitrogen and oxygen atoms in total. The van der Waals surface area contributed by atoms with Crippen LogP contribution in [0, 0.1) is 13.8 Å². The molecule has 0 aliphatic carbocycles. The molecule has 1 aliphatic heterocycles. The summed E-state index contributed by atoms with van der Waals surface area (Å²) in [6.45, 7) is 3.81. The lowest BCUT2D eigenvalue weighted by Gasteiger charge is -2.31. The van der Waals surface area contributed by atoms with Crippen LogP contribution in [-0.2, 0) is 14.8 Å². The van der Waals surface area contributed by atoms with Gasteiger partial charge in [-0.3, -0.25) is 0 Å². The van der Waals surface area contributed by atoms with Crippen molar-refractivity contribution in [3.05, 3.63) is 17.0 Å². The molecule has 1 saturated heterocycles. The van der Waals surface area contributed by atoms with Crippen molar-refractivity contribution in [1.29, 1.82) is 0 Å². The van der Waals surface area contributed by atoms with E-state index in [9.17, 15) is 13.2 Å². The van der Waals surface area contributed by atoms with Gasteiger partial charge >= 0.3 is 5.97 Å². The number of hydrogen-bond donors (Lipinski definition) is 2. The number of piperidine rings is 1. The lowest BCUT2D eigenvalue weighted by molar-refractivity contribution is 0.0571. The number of rotatable bonds is 4. The molecule has 2 rings (SSSR count). The molecule has 2 heterocycles. The number of carboxylic acid groups (broad SMARTS) is 1. The lowest BCUT2D eigenvalue weighted by atomic mass is 10.1. The average molecular weight is 316 g/mol. The molecular weight excluding hydrogens is 296 g/mol. The van der Waals surface area contributed by atoms with E-state index in [-0.39, 0.29) is 22.3 Å². The Morgan fingerprint density at radius 1 is 1.43 bits per heavy atom. The second-order valence-electron chi connectivity index (χ2n) is 5.25. The van der Waals surface area contributed by atoms with Crippen LogP contribution in [0.1, 0.15) is 34.6 Å². The van der Waals surface area contributed by atoms with Crippen LogP contribution < -0.4 is 0 Å². The summed E-state index contributed by atoms with van der Waals surface area (Å²) in [7, 11) is -2.15. The highest BCUT2D eigenvalue weighted by molar-refractivity contribution is 7.89. The van der Waals surface area contributed by atoms with Crippen molar-refractivity contribution in [2.75, 3.05) is 20.2 Å². The number of nitrogens with zero attached hydrogens (tertiary/aromatic N) is 1. The molecule has 0 spiro atoms. The van der Waals surface area contributed by atoms with Crippen LogP contribution in [0.2, 0.25) is 0 Å². The zero-order chi connectivity index (χ0) is 15.8. The number of aromatic amines is 1. The Balaban J connectivity index is 2.42. The SMILES string of the molecule is COC1CCCN(S(=O)(=O)c2c(C)[nH]c(C(=O)O)c2C)C1. The molecule has 8 heteroatoms. The second-order valence-corrected chi connectivity index (χ2v) is 7.12. The van der Waals surface area contributed by atoms with Gasteiger partial charge in [-0.05, 0) is 26.7 Å². The van der Waals surface area contributed by atoms with Crippen molar-refractivity contribution in [1.82, 2.24) is 9.29 Å². The van der Waals surface area contributed by atoms with Crippen LogP contribution in [0.25, 0.3) is 0 Å². The zero-order valence-corrected chi connectivity index (χ0v) is 13.2. The number of methoxy groups -OCH3 is 1. The summed E-state index contributed by atoms with van der Waals surface area (Å²) >= 11 is 0. The first-order valence-corrected chi connectivity index (χ1v) is 8.18. The van der Waals surface area contributed by atoms with Gasteiger partial charge in [-0.2, -0.15) is 4.31 Å². The number of H-pyrrole nitrogens is 1. The smallest absolute Gasteiger partial charge is 0.352 e. The standard InChI is InChI=1S/C13H20N2O5S/c1-8-11(13(16)17)14-9(2)12(8)21(18,19)15-6-4-5-10(7-15)20-3/h10,14H,4-7H2,1-3H3,(H,16,17). The van der Waals surface area contributed by atoms with Crippen molar-refractivity contribution in [2.24, 2.45) is 0 Å². The molecule has 0 saturated carbocycles. The first-order valence-electron chi connectivity index (χ1n) is 6.74. The van der Waals surface area contributed by atoms with E-state index in [1.54, 1.807) is 14.0 Å². The Hall–Kier alpha value is -1.38. The predicted molar refractivity (Wildman–Crippen MR) is 76.0 cm³/mol. The normalized spacial score (nSPS) is 20.6. The van der Waals surface area contributed by atoms with Gasteiger partial charge in [0.15, 0.2) is 0 Å². The number of aryl methyl sites for hydroxylation is 1. The summed E-state index contributed by atoms with van der Waals surface area (Å²) in [5.41, 5.74) is 0.523. The van der Waals surface area contributed by atoms with Crippen LogP contribution >= 0.6 is 0 Å². The number of ether oxygens (including phenoxy) is 1. The van der Waals surface area contributed by atoms with E-state index in [0.717, 1.165) is 12.8 Å². The zero-order valence-electron chi connectivity index (χ0n) is 12.3. The van der Waals surface area contributed by atoms with Gasteiger partial charge in [0.25, 0.3) is 0 Å². The van der Waals surface area contributed by atoms with Gasteiger partial charge < -0.3 is 14.8 Å². The fraction of sp³-hybridized carbons (Fsp3) is 0.615. The molecule has 1 fully saturated rings. The number of carboxylic acids is 1. The minimum atomic E-state index is -3.72. The lowest BCUT2D eigenvalue weighted by Crippen LogP contribution is -2.43. The van der Waals surface area contributed by atoms with E-state index in [2.05, 4.69) is 4.98 Å². The van der Waals surface area contributed by atoms with E-state index < -0.39 is 16.0 Å². The summed E-state index contributed by atoms with van der Waals surface area (Å²) < 4.78 is 32.2. The minimum Gasteiger partial charge on any atom is -0.477 e. The highest BCUT2D eigenvalue weighted by Crippen LogP contribution is 2.28. The Labute approximate surface area is 124 Å². The summed E-state index contributed by atoms with van der Waals surface area (Å²) in [6.07, 6.45) is 1.44. The van der Waals surface area contributed by atoms with Gasteiger partial charge in [0.1, 0.15) is 10.6 Å². The number of sulfonamides is 1. The monoisotopic (exact) mass is 316 g/mol. The molecule has 0 amide bonds. The number of hydrogen-bond acceptors (Lipinski definition) is 4. The molecular formula is C13H20N2O5S. The molecule has 2 N–H and O–H groups in total. The van der Waals surface area contributed by atoms with Gasteiger partial charge in [0, 0.05) is 31.5 Å². The van der Waals surface area contributed by atoms with Gasteiger partial charge in [-0.25, -0.2) is 13.2 Å². The highest BCUT2D eigenvalue weighted by Gasteiger charge is 2.34. The number of aromatic nitrogens is 1. The predicted octanol–water partition coefficient (Wildman–Crippen LogP) is 1.13. The van der Waals surface area contributed by atoms with Gasteiger partial charge in [-0.15, -0.1) is 0 Å². The maximum Gasteiger partial charge on any atom is 0.352 e. The molecule has 118 valence electrons. The third-order valence-electron chi connectivity index (χ3n) is 3.85. The van der Waals surface area contributed by atoms with E-state index >= 15 is 0 Å². The highest BCUT2D eigenvalue weighted by atomic mass is 32.2. The molecule has 1 aliphatic rings. The van der Waals surface area contributed by atoms with Gasteiger partial charge in [0.2, 0.25) is 10.0 Å². The van der Waals surface area contributed by atoms with E-state index in [4.69, 9.17) is 9.84 Å². The fourth-order valence-electron chi connectivity index (χ4n) is 2.78. The van der Waals surface area contributed by atoms with E-state index in [0.29, 0.717) is 18.8 Å². The summed E-state index contributed by atoms with van der Waals surface area (Å²) in [5.74, 6) is -1.16. The second kappa shape index (κ2) is 5.78. The largest absolute Gasteiger partial charge is 0.477 e. The summed E-state index contributed by atoms with van der Waals surface area (Å²) in [4.78, 5) is 13.8.